The van der Waals surface area contributed by atoms with Crippen molar-refractivity contribution in [3.05, 3.63) is 24.5 Å². The largest absolute Gasteiger partial charge is 0.476 e. The molecule has 2 N–H and O–H groups in total. The van der Waals surface area contributed by atoms with Crippen LogP contribution in [0, 0.1) is 5.41 Å². The summed E-state index contributed by atoms with van der Waals surface area (Å²) in [6.07, 6.45) is 4.69. The summed E-state index contributed by atoms with van der Waals surface area (Å²) in [7, 11) is -3.55. The second-order valence-corrected chi connectivity index (χ2v) is 6.82. The van der Waals surface area contributed by atoms with Crippen LogP contribution < -0.4 is 9.88 Å². The van der Waals surface area contributed by atoms with Crippen LogP contribution in [0.4, 0.5) is 0 Å². The van der Waals surface area contributed by atoms with Crippen molar-refractivity contribution in [1.82, 2.24) is 14.6 Å². The van der Waals surface area contributed by atoms with Gasteiger partial charge in [0, 0.05) is 23.9 Å². The first-order valence-electron chi connectivity index (χ1n) is 6.81. The predicted molar refractivity (Wildman–Crippen MR) is 86.7 cm³/mol. The molecule has 22 heavy (non-hydrogen) atoms. The van der Waals surface area contributed by atoms with Crippen LogP contribution in [-0.2, 0) is 10.0 Å². The lowest BCUT2D eigenvalue weighted by molar-refractivity contribution is 0.148. The summed E-state index contributed by atoms with van der Waals surface area (Å²) in [5.74, 6) is 0.335. The van der Waals surface area contributed by atoms with Crippen LogP contribution in [-0.4, -0.2) is 35.4 Å². The SMILES string of the molecule is CCC(CC)(COc1ccc2nccn2n1)CS(N)(=O)=O.Cl. The molecule has 2 aromatic rings. The van der Waals surface area contributed by atoms with E-state index in [9.17, 15) is 8.42 Å². The number of halogens is 1. The van der Waals surface area contributed by atoms with E-state index in [0.29, 0.717) is 18.7 Å². The molecule has 0 saturated heterocycles. The number of nitrogens with two attached hydrogens (primary N) is 1. The van der Waals surface area contributed by atoms with Crippen molar-refractivity contribution in [3.63, 3.8) is 0 Å². The lowest BCUT2D eigenvalue weighted by Gasteiger charge is -2.30. The summed E-state index contributed by atoms with van der Waals surface area (Å²) in [5, 5.41) is 9.45. The molecule has 7 nitrogen and oxygen atoms in total. The van der Waals surface area contributed by atoms with Crippen LogP contribution in [0.3, 0.4) is 0 Å². The molecule has 0 aliphatic rings. The number of fused-ring (bicyclic) bond motifs is 1. The van der Waals surface area contributed by atoms with Crippen LogP contribution in [0.5, 0.6) is 5.88 Å². The Morgan fingerprint density at radius 3 is 2.59 bits per heavy atom. The van der Waals surface area contributed by atoms with E-state index in [0.717, 1.165) is 5.65 Å². The van der Waals surface area contributed by atoms with E-state index in [-0.39, 0.29) is 24.8 Å². The molecular weight excluding hydrogens is 328 g/mol. The van der Waals surface area contributed by atoms with Crippen LogP contribution in [0.25, 0.3) is 5.65 Å². The van der Waals surface area contributed by atoms with Crippen LogP contribution >= 0.6 is 12.4 Å². The highest BCUT2D eigenvalue weighted by Crippen LogP contribution is 2.28. The summed E-state index contributed by atoms with van der Waals surface area (Å²) < 4.78 is 30.1. The van der Waals surface area contributed by atoms with Gasteiger partial charge in [-0.05, 0) is 18.9 Å². The van der Waals surface area contributed by atoms with Crippen molar-refractivity contribution in [3.8, 4) is 5.88 Å². The van der Waals surface area contributed by atoms with Gasteiger partial charge in [-0.15, -0.1) is 17.5 Å². The van der Waals surface area contributed by atoms with Gasteiger partial charge in [0.15, 0.2) is 5.65 Å². The Hall–Kier alpha value is -1.38. The second-order valence-electron chi connectivity index (χ2n) is 5.20. The molecular formula is C13H21ClN4O3S. The highest BCUT2D eigenvalue weighted by molar-refractivity contribution is 7.89. The first-order valence-corrected chi connectivity index (χ1v) is 8.53. The minimum atomic E-state index is -3.55. The number of sulfonamides is 1. The maximum absolute atomic E-state index is 11.4. The zero-order chi connectivity index (χ0) is 15.5. The molecule has 0 fully saturated rings. The molecule has 0 aromatic carbocycles. The average molecular weight is 349 g/mol. The molecule has 2 rings (SSSR count). The molecule has 0 spiro atoms. The van der Waals surface area contributed by atoms with Crippen molar-refractivity contribution >= 4 is 28.1 Å². The fourth-order valence-corrected chi connectivity index (χ4v) is 3.57. The first-order chi connectivity index (χ1) is 9.87. The average Bonchev–Trinajstić information content (AvgIpc) is 2.89. The van der Waals surface area contributed by atoms with Gasteiger partial charge in [-0.2, -0.15) is 0 Å². The Bertz CT molecular complexity index is 713. The standard InChI is InChI=1S/C13H20N4O3S.ClH/c1-3-13(4-2,10-21(14,18)19)9-20-12-6-5-11-15-7-8-17(11)16-12;/h5-8H,3-4,9-10H2,1-2H3,(H2,14,18,19);1H. The number of hydrogen-bond donors (Lipinski definition) is 1. The van der Waals surface area contributed by atoms with Crippen LogP contribution in [0.2, 0.25) is 0 Å². The maximum atomic E-state index is 11.4. The third-order valence-corrected chi connectivity index (χ3v) is 4.78. The van der Waals surface area contributed by atoms with E-state index in [4.69, 9.17) is 9.88 Å². The minimum absolute atomic E-state index is 0. The van der Waals surface area contributed by atoms with E-state index in [1.54, 1.807) is 29.0 Å². The summed E-state index contributed by atoms with van der Waals surface area (Å²) >= 11 is 0. The third kappa shape index (κ3) is 4.56. The highest BCUT2D eigenvalue weighted by Gasteiger charge is 2.32. The monoisotopic (exact) mass is 348 g/mol. The molecule has 9 heteroatoms. The lowest BCUT2D eigenvalue weighted by atomic mass is 9.85. The fraction of sp³-hybridized carbons (Fsp3) is 0.538. The van der Waals surface area contributed by atoms with Gasteiger partial charge in [-0.1, -0.05) is 13.8 Å². The van der Waals surface area contributed by atoms with E-state index < -0.39 is 15.4 Å². The number of primary sulfonamides is 1. The van der Waals surface area contributed by atoms with Gasteiger partial charge in [0.05, 0.1) is 12.4 Å². The van der Waals surface area contributed by atoms with Crippen molar-refractivity contribution in [1.29, 1.82) is 0 Å². The zero-order valence-corrected chi connectivity index (χ0v) is 14.2. The topological polar surface area (TPSA) is 99.6 Å². The van der Waals surface area contributed by atoms with Gasteiger partial charge in [0.2, 0.25) is 15.9 Å². The number of imidazole rings is 1. The van der Waals surface area contributed by atoms with Gasteiger partial charge in [-0.3, -0.25) is 0 Å². The third-order valence-electron chi connectivity index (χ3n) is 3.76. The molecule has 0 atom stereocenters. The minimum Gasteiger partial charge on any atom is -0.476 e. The maximum Gasteiger partial charge on any atom is 0.231 e. The number of rotatable bonds is 7. The van der Waals surface area contributed by atoms with Crippen molar-refractivity contribution < 1.29 is 13.2 Å². The Morgan fingerprint density at radius 1 is 1.32 bits per heavy atom. The smallest absolute Gasteiger partial charge is 0.231 e. The summed E-state index contributed by atoms with van der Waals surface area (Å²) in [6, 6.07) is 3.51. The van der Waals surface area contributed by atoms with Gasteiger partial charge in [-0.25, -0.2) is 23.1 Å². The number of ether oxygens (including phenoxy) is 1. The number of hydrogen-bond acceptors (Lipinski definition) is 5. The Kier molecular flexibility index (Phi) is 6.16. The molecule has 0 radical (unpaired) electrons. The first kappa shape index (κ1) is 18.7. The zero-order valence-electron chi connectivity index (χ0n) is 12.6. The Morgan fingerprint density at radius 2 is 2.00 bits per heavy atom. The molecule has 0 unspecified atom stereocenters. The van der Waals surface area contributed by atoms with Gasteiger partial charge >= 0.3 is 0 Å². The Labute approximate surface area is 136 Å². The lowest BCUT2D eigenvalue weighted by Crippen LogP contribution is -2.37. The quantitative estimate of drug-likeness (QED) is 0.819. The van der Waals surface area contributed by atoms with Gasteiger partial charge in [0.1, 0.15) is 0 Å². The van der Waals surface area contributed by atoms with Crippen molar-refractivity contribution in [2.75, 3.05) is 12.4 Å². The predicted octanol–water partition coefficient (Wildman–Crippen LogP) is 1.62. The molecule has 2 heterocycles. The van der Waals surface area contributed by atoms with E-state index >= 15 is 0 Å². The van der Waals surface area contributed by atoms with Crippen LogP contribution in [0.15, 0.2) is 24.5 Å². The molecule has 0 saturated carbocycles. The molecule has 0 amide bonds. The molecule has 0 aliphatic heterocycles. The Balaban J connectivity index is 0.00000242. The van der Waals surface area contributed by atoms with Crippen molar-refractivity contribution in [2.24, 2.45) is 10.6 Å². The molecule has 2 aromatic heterocycles. The fourth-order valence-electron chi connectivity index (χ4n) is 2.23. The van der Waals surface area contributed by atoms with E-state index in [1.807, 2.05) is 13.8 Å². The highest BCUT2D eigenvalue weighted by atomic mass is 35.5. The molecule has 124 valence electrons. The normalized spacial score (nSPS) is 12.1. The van der Waals surface area contributed by atoms with Crippen LogP contribution in [0.1, 0.15) is 26.7 Å². The second kappa shape index (κ2) is 7.26. The molecule has 0 bridgehead atoms. The van der Waals surface area contributed by atoms with E-state index in [1.165, 1.54) is 0 Å². The number of nitrogens with zero attached hydrogens (tertiary/aromatic N) is 3. The van der Waals surface area contributed by atoms with E-state index in [2.05, 4.69) is 10.1 Å². The summed E-state index contributed by atoms with van der Waals surface area (Å²) in [5.41, 5.74) is 0.225. The molecule has 0 aliphatic carbocycles. The number of aromatic nitrogens is 3. The van der Waals surface area contributed by atoms with Gasteiger partial charge in [0.25, 0.3) is 0 Å². The van der Waals surface area contributed by atoms with Crippen molar-refractivity contribution in [2.45, 2.75) is 26.7 Å². The summed E-state index contributed by atoms with van der Waals surface area (Å²) in [4.78, 5) is 4.10. The van der Waals surface area contributed by atoms with Gasteiger partial charge < -0.3 is 4.74 Å². The summed E-state index contributed by atoms with van der Waals surface area (Å²) in [6.45, 7) is 4.12.